The highest BCUT2D eigenvalue weighted by Gasteiger charge is 2.49. The topological polar surface area (TPSA) is 144 Å². The first-order valence-corrected chi connectivity index (χ1v) is 12.8. The lowest BCUT2D eigenvalue weighted by atomic mass is 10.0. The van der Waals surface area contributed by atoms with E-state index in [2.05, 4.69) is 28.8 Å². The molecule has 30 heavy (non-hydrogen) atoms. The van der Waals surface area contributed by atoms with E-state index in [9.17, 15) is 4.89 Å². The molecule has 5 N–H and O–H groups in total. The standard InChI is InChI=1S/C18H31N6O4PS/c1-9(2)6-11-13(28-29(25,30)7-10(3)4)14(26-5)17(27-11)24-8-21-12-15(19)22-18(20)23-16(12)24/h8-11,13-14,17H,6-7H2,1-5H3,(H,25,30)(H4,19,20,22,23)/t11-,13?,14+,17-,29?/m1/s1. The summed E-state index contributed by atoms with van der Waals surface area (Å²) in [5.74, 6) is 0.788. The molecule has 2 aromatic heterocycles. The molecule has 1 saturated heterocycles. The maximum Gasteiger partial charge on any atom is 0.224 e. The van der Waals surface area contributed by atoms with Crippen molar-refractivity contribution in [2.24, 2.45) is 11.8 Å². The second-order valence-electron chi connectivity index (χ2n) is 8.47. The van der Waals surface area contributed by atoms with Gasteiger partial charge >= 0.3 is 0 Å². The summed E-state index contributed by atoms with van der Waals surface area (Å²) in [4.78, 5) is 23.3. The van der Waals surface area contributed by atoms with Crippen molar-refractivity contribution in [2.75, 3.05) is 24.7 Å². The molecule has 1 fully saturated rings. The molecule has 0 spiro atoms. The van der Waals surface area contributed by atoms with Crippen LogP contribution >= 0.6 is 6.49 Å². The van der Waals surface area contributed by atoms with Crippen molar-refractivity contribution in [2.45, 2.75) is 58.7 Å². The van der Waals surface area contributed by atoms with Crippen molar-refractivity contribution < 1.29 is 18.9 Å². The van der Waals surface area contributed by atoms with Gasteiger partial charge in [0.05, 0.1) is 12.4 Å². The largest absolute Gasteiger partial charge is 0.382 e. The summed E-state index contributed by atoms with van der Waals surface area (Å²) in [6.45, 7) is 5.18. The van der Waals surface area contributed by atoms with Gasteiger partial charge in [-0.05, 0) is 30.1 Å². The molecule has 0 bridgehead atoms. The number of fused-ring (bicyclic) bond motifs is 1. The summed E-state index contributed by atoms with van der Waals surface area (Å²) < 4.78 is 20.0. The summed E-state index contributed by atoms with van der Waals surface area (Å²) in [6, 6.07) is 0. The molecule has 2 unspecified atom stereocenters. The molecule has 0 aliphatic carbocycles. The Balaban J connectivity index is 1.99. The summed E-state index contributed by atoms with van der Waals surface area (Å²) in [5, 5.41) is 0. The molecule has 3 rings (SSSR count). The van der Waals surface area contributed by atoms with Gasteiger partial charge < -0.3 is 30.4 Å². The minimum Gasteiger partial charge on any atom is -0.382 e. The van der Waals surface area contributed by atoms with Crippen LogP contribution < -0.4 is 11.5 Å². The van der Waals surface area contributed by atoms with E-state index in [4.69, 9.17) is 37.3 Å². The van der Waals surface area contributed by atoms with Gasteiger partial charge in [0.25, 0.3) is 0 Å². The Hall–Kier alpha value is -1.36. The molecule has 10 nitrogen and oxygen atoms in total. The predicted octanol–water partition coefficient (Wildman–Crippen LogP) is 2.29. The first-order valence-electron chi connectivity index (χ1n) is 9.96. The Morgan fingerprint density at radius 2 is 1.93 bits per heavy atom. The average Bonchev–Trinajstić information content (AvgIpc) is 3.14. The van der Waals surface area contributed by atoms with Crippen molar-refractivity contribution in [1.29, 1.82) is 0 Å². The summed E-state index contributed by atoms with van der Waals surface area (Å²) >= 11 is 5.43. The van der Waals surface area contributed by atoms with Gasteiger partial charge in [-0.15, -0.1) is 0 Å². The van der Waals surface area contributed by atoms with E-state index in [1.807, 2.05) is 13.8 Å². The molecule has 0 radical (unpaired) electrons. The zero-order chi connectivity index (χ0) is 22.2. The van der Waals surface area contributed by atoms with E-state index >= 15 is 0 Å². The predicted molar refractivity (Wildman–Crippen MR) is 119 cm³/mol. The Morgan fingerprint density at radius 1 is 1.23 bits per heavy atom. The normalized spacial score (nSPS) is 26.7. The second kappa shape index (κ2) is 9.02. The van der Waals surface area contributed by atoms with Crippen LogP contribution in [0.5, 0.6) is 0 Å². The molecular weight excluding hydrogens is 427 g/mol. The average molecular weight is 459 g/mol. The van der Waals surface area contributed by atoms with Crippen molar-refractivity contribution >= 4 is 41.2 Å². The van der Waals surface area contributed by atoms with Gasteiger partial charge in [0, 0.05) is 13.3 Å². The fourth-order valence-electron chi connectivity index (χ4n) is 3.80. The second-order valence-corrected chi connectivity index (χ2v) is 12.0. The molecule has 1 aliphatic heterocycles. The first-order chi connectivity index (χ1) is 14.0. The molecule has 5 atom stereocenters. The fourth-order valence-corrected chi connectivity index (χ4v) is 6.64. The number of anilines is 2. The lowest BCUT2D eigenvalue weighted by Crippen LogP contribution is -2.36. The highest BCUT2D eigenvalue weighted by atomic mass is 32.5. The van der Waals surface area contributed by atoms with Crippen molar-refractivity contribution in [3.8, 4) is 0 Å². The maximum absolute atomic E-state index is 10.8. The number of nitrogens with zero attached hydrogens (tertiary/aromatic N) is 4. The van der Waals surface area contributed by atoms with Gasteiger partial charge in [0.2, 0.25) is 5.95 Å². The zero-order valence-corrected chi connectivity index (χ0v) is 19.6. The molecule has 2 aromatic rings. The van der Waals surface area contributed by atoms with Crippen LogP contribution in [0.4, 0.5) is 11.8 Å². The van der Waals surface area contributed by atoms with Crippen LogP contribution in [0.3, 0.4) is 0 Å². The SMILES string of the molecule is CO[C@H]1C(OP(O)(=S)CC(C)C)[C@@H](CC(C)C)O[C@H]1n1cnc2c(N)nc(N)nc21. The Labute approximate surface area is 181 Å². The third kappa shape index (κ3) is 4.92. The van der Waals surface area contributed by atoms with Crippen LogP contribution in [0.25, 0.3) is 11.2 Å². The zero-order valence-electron chi connectivity index (χ0n) is 17.9. The molecule has 12 heteroatoms. The molecule has 3 heterocycles. The number of nitrogens with two attached hydrogens (primary N) is 2. The van der Waals surface area contributed by atoms with Crippen LogP contribution in [-0.4, -0.2) is 56.0 Å². The lowest BCUT2D eigenvalue weighted by Gasteiger charge is -2.28. The molecule has 1 aliphatic rings. The number of imidazole rings is 1. The molecule has 0 aromatic carbocycles. The number of hydrogen-bond donors (Lipinski definition) is 3. The van der Waals surface area contributed by atoms with Crippen molar-refractivity contribution in [1.82, 2.24) is 19.5 Å². The monoisotopic (exact) mass is 458 g/mol. The Kier molecular flexibility index (Phi) is 7.01. The van der Waals surface area contributed by atoms with E-state index in [0.29, 0.717) is 29.7 Å². The Morgan fingerprint density at radius 3 is 2.53 bits per heavy atom. The third-order valence-corrected chi connectivity index (χ3v) is 7.35. The van der Waals surface area contributed by atoms with Gasteiger partial charge in [0.15, 0.2) is 24.2 Å². The molecule has 0 amide bonds. The minimum absolute atomic E-state index is 0.0445. The smallest absolute Gasteiger partial charge is 0.224 e. The first kappa shape index (κ1) is 23.3. The molecule has 0 saturated carbocycles. The Bertz CT molecular complexity index is 939. The number of nitrogen functional groups attached to an aromatic ring is 2. The van der Waals surface area contributed by atoms with E-state index in [-0.39, 0.29) is 23.8 Å². The number of rotatable bonds is 8. The van der Waals surface area contributed by atoms with Crippen LogP contribution in [0.2, 0.25) is 0 Å². The number of aromatic nitrogens is 4. The van der Waals surface area contributed by atoms with Gasteiger partial charge in [-0.3, -0.25) is 4.57 Å². The van der Waals surface area contributed by atoms with Gasteiger partial charge in [-0.25, -0.2) is 4.98 Å². The van der Waals surface area contributed by atoms with Gasteiger partial charge in [-0.1, -0.05) is 27.7 Å². The van der Waals surface area contributed by atoms with Crippen molar-refractivity contribution in [3.05, 3.63) is 6.33 Å². The minimum atomic E-state index is -3.01. The number of ether oxygens (including phenoxy) is 2. The highest BCUT2D eigenvalue weighted by molar-refractivity contribution is 8.09. The molecular formula is C18H31N6O4PS. The van der Waals surface area contributed by atoms with Gasteiger partial charge in [-0.2, -0.15) is 9.97 Å². The van der Waals surface area contributed by atoms with Gasteiger partial charge in [0.1, 0.15) is 17.7 Å². The fraction of sp³-hybridized carbons (Fsp3) is 0.722. The number of methoxy groups -OCH3 is 1. The summed E-state index contributed by atoms with van der Waals surface area (Å²) in [5.41, 5.74) is 12.6. The lowest BCUT2D eigenvalue weighted by molar-refractivity contribution is -0.0517. The van der Waals surface area contributed by atoms with Crippen LogP contribution in [0.1, 0.15) is 40.3 Å². The summed E-state index contributed by atoms with van der Waals surface area (Å²) in [7, 11) is 1.58. The van der Waals surface area contributed by atoms with E-state index in [0.717, 1.165) is 0 Å². The van der Waals surface area contributed by atoms with Crippen LogP contribution in [-0.2, 0) is 25.8 Å². The molecule has 168 valence electrons. The third-order valence-electron chi connectivity index (χ3n) is 4.88. The number of hydrogen-bond acceptors (Lipinski definition) is 9. The highest BCUT2D eigenvalue weighted by Crippen LogP contribution is 2.50. The van der Waals surface area contributed by atoms with Crippen molar-refractivity contribution in [3.63, 3.8) is 0 Å². The van der Waals surface area contributed by atoms with E-state index < -0.39 is 24.9 Å². The van der Waals surface area contributed by atoms with E-state index in [1.54, 1.807) is 18.0 Å². The maximum atomic E-state index is 10.8. The van der Waals surface area contributed by atoms with E-state index in [1.165, 1.54) is 0 Å². The van der Waals surface area contributed by atoms with Crippen LogP contribution in [0.15, 0.2) is 6.33 Å². The van der Waals surface area contributed by atoms with Crippen LogP contribution in [0, 0.1) is 11.8 Å². The quantitative estimate of drug-likeness (QED) is 0.504. The summed E-state index contributed by atoms with van der Waals surface area (Å²) in [6.07, 6.45) is 0.708.